The number of carboxylic acid groups (broad SMARTS) is 1. The van der Waals surface area contributed by atoms with Gasteiger partial charge in [0.2, 0.25) is 5.88 Å². The van der Waals surface area contributed by atoms with Gasteiger partial charge in [0, 0.05) is 16.7 Å². The van der Waals surface area contributed by atoms with Gasteiger partial charge in [0.1, 0.15) is 11.5 Å². The van der Waals surface area contributed by atoms with E-state index < -0.39 is 12.1 Å². The molecule has 8 heteroatoms. The van der Waals surface area contributed by atoms with Crippen LogP contribution in [0.15, 0.2) is 78.9 Å². The maximum Gasteiger partial charge on any atom is 0.344 e. The van der Waals surface area contributed by atoms with Gasteiger partial charge in [-0.2, -0.15) is 0 Å². The van der Waals surface area contributed by atoms with Crippen LogP contribution in [0.25, 0.3) is 16.9 Å². The van der Waals surface area contributed by atoms with Crippen LogP contribution >= 0.6 is 23.2 Å². The summed E-state index contributed by atoms with van der Waals surface area (Å²) in [6.07, 6.45) is -0.714. The summed E-state index contributed by atoms with van der Waals surface area (Å²) < 4.78 is 13.1. The van der Waals surface area contributed by atoms with Crippen molar-refractivity contribution in [1.82, 2.24) is 9.78 Å². The van der Waals surface area contributed by atoms with Gasteiger partial charge in [0.05, 0.1) is 16.4 Å². The minimum absolute atomic E-state index is 0.176. The lowest BCUT2D eigenvalue weighted by atomic mass is 10.1. The van der Waals surface area contributed by atoms with Gasteiger partial charge in [0.25, 0.3) is 0 Å². The molecule has 0 saturated heterocycles. The van der Waals surface area contributed by atoms with Crippen molar-refractivity contribution in [1.29, 1.82) is 0 Å². The highest BCUT2D eigenvalue weighted by molar-refractivity contribution is 6.35. The first-order valence-electron chi connectivity index (χ1n) is 10.2. The molecule has 1 heterocycles. The first-order chi connectivity index (χ1) is 15.9. The number of aromatic nitrogens is 2. The van der Waals surface area contributed by atoms with E-state index in [0.717, 1.165) is 11.3 Å². The highest BCUT2D eigenvalue weighted by Gasteiger charge is 2.21. The van der Waals surface area contributed by atoms with Gasteiger partial charge in [-0.3, -0.25) is 0 Å². The van der Waals surface area contributed by atoms with Crippen LogP contribution in [0.5, 0.6) is 17.4 Å². The van der Waals surface area contributed by atoms with Crippen molar-refractivity contribution in [3.05, 3.63) is 88.9 Å². The van der Waals surface area contributed by atoms with E-state index in [1.54, 1.807) is 35.9 Å². The van der Waals surface area contributed by atoms with Crippen LogP contribution in [0.4, 0.5) is 0 Å². The lowest BCUT2D eigenvalue weighted by Gasteiger charge is -2.11. The molecule has 0 saturated carbocycles. The van der Waals surface area contributed by atoms with Crippen molar-refractivity contribution >= 4 is 29.2 Å². The van der Waals surface area contributed by atoms with Crippen LogP contribution in [-0.4, -0.2) is 27.0 Å². The van der Waals surface area contributed by atoms with Gasteiger partial charge in [-0.15, -0.1) is 5.10 Å². The molecule has 0 radical (unpaired) electrons. The summed E-state index contributed by atoms with van der Waals surface area (Å²) >= 11 is 12.5. The molecule has 33 heavy (non-hydrogen) atoms. The fraction of sp³-hybridized carbons (Fsp3) is 0.120. The van der Waals surface area contributed by atoms with Gasteiger partial charge in [-0.1, -0.05) is 48.3 Å². The molecule has 4 aromatic rings. The summed E-state index contributed by atoms with van der Waals surface area (Å²) in [4.78, 5) is 11.4. The normalized spacial score (nSPS) is 11.7. The lowest BCUT2D eigenvalue weighted by Crippen LogP contribution is -2.26. The number of rotatable bonds is 8. The molecule has 0 aliphatic heterocycles. The summed E-state index contributed by atoms with van der Waals surface area (Å²) in [5.74, 6) is 0.530. The van der Waals surface area contributed by atoms with Crippen molar-refractivity contribution in [2.24, 2.45) is 0 Å². The van der Waals surface area contributed by atoms with E-state index in [2.05, 4.69) is 5.10 Å². The largest absolute Gasteiger partial charge is 0.479 e. The number of carboxylic acids is 1. The first kappa shape index (κ1) is 22.7. The molecule has 0 fully saturated rings. The van der Waals surface area contributed by atoms with E-state index >= 15 is 0 Å². The SMILES string of the molecule is CCC(Oc1cc(-c2ccc(Oc3ccccc3)cc2)n(-c2ccc(Cl)cc2Cl)n1)C(=O)O. The molecular formula is C25H20Cl2N2O4. The van der Waals surface area contributed by atoms with Gasteiger partial charge in [-0.25, -0.2) is 9.48 Å². The van der Waals surface area contributed by atoms with E-state index in [-0.39, 0.29) is 5.88 Å². The second-order valence-corrected chi connectivity index (χ2v) is 8.01. The van der Waals surface area contributed by atoms with Gasteiger partial charge in [-0.05, 0) is 61.0 Å². The van der Waals surface area contributed by atoms with Gasteiger partial charge < -0.3 is 14.6 Å². The van der Waals surface area contributed by atoms with Crippen molar-refractivity contribution in [2.45, 2.75) is 19.4 Å². The highest BCUT2D eigenvalue weighted by atomic mass is 35.5. The summed E-state index contributed by atoms with van der Waals surface area (Å²) in [6, 6.07) is 23.7. The number of hydrogen-bond acceptors (Lipinski definition) is 4. The van der Waals surface area contributed by atoms with E-state index in [1.165, 1.54) is 0 Å². The van der Waals surface area contributed by atoms with E-state index in [0.29, 0.717) is 33.6 Å². The quantitative estimate of drug-likeness (QED) is 0.296. The fourth-order valence-electron chi connectivity index (χ4n) is 3.23. The average Bonchev–Trinajstić information content (AvgIpc) is 3.22. The Hall–Kier alpha value is -3.48. The van der Waals surface area contributed by atoms with Gasteiger partial charge >= 0.3 is 5.97 Å². The van der Waals surface area contributed by atoms with E-state index in [4.69, 9.17) is 32.7 Å². The Bertz CT molecular complexity index is 1260. The molecule has 1 aromatic heterocycles. The van der Waals surface area contributed by atoms with Crippen LogP contribution in [0, 0.1) is 0 Å². The Morgan fingerprint density at radius 1 is 1.00 bits per heavy atom. The number of benzene rings is 3. The van der Waals surface area contributed by atoms with Crippen molar-refractivity contribution in [3.8, 4) is 34.3 Å². The number of carbonyl (C=O) groups is 1. The molecule has 0 aliphatic rings. The zero-order chi connectivity index (χ0) is 23.4. The number of nitrogens with zero attached hydrogens (tertiary/aromatic N) is 2. The Labute approximate surface area is 200 Å². The molecule has 1 N–H and O–H groups in total. The van der Waals surface area contributed by atoms with E-state index in [9.17, 15) is 9.90 Å². The van der Waals surface area contributed by atoms with Crippen LogP contribution in [0.2, 0.25) is 10.0 Å². The maximum atomic E-state index is 11.4. The predicted molar refractivity (Wildman–Crippen MR) is 128 cm³/mol. The third kappa shape index (κ3) is 5.30. The standard InChI is InChI=1S/C25H20Cl2N2O4/c1-2-23(25(30)31)33-24-15-22(29(28-24)21-13-10-17(26)14-20(21)27)16-8-11-19(12-9-16)32-18-6-4-3-5-7-18/h3-15,23H,2H2,1H3,(H,30,31). The Balaban J connectivity index is 1.71. The molecule has 6 nitrogen and oxygen atoms in total. The summed E-state index contributed by atoms with van der Waals surface area (Å²) in [6.45, 7) is 1.73. The maximum absolute atomic E-state index is 11.4. The van der Waals surface area contributed by atoms with Crippen LogP contribution < -0.4 is 9.47 Å². The van der Waals surface area contributed by atoms with Gasteiger partial charge in [0.15, 0.2) is 6.10 Å². The first-order valence-corrected chi connectivity index (χ1v) is 11.0. The van der Waals surface area contributed by atoms with Crippen molar-refractivity contribution < 1.29 is 19.4 Å². The summed E-state index contributed by atoms with van der Waals surface area (Å²) in [5, 5.41) is 14.7. The summed E-state index contributed by atoms with van der Waals surface area (Å²) in [7, 11) is 0. The molecule has 0 amide bonds. The smallest absolute Gasteiger partial charge is 0.344 e. The van der Waals surface area contributed by atoms with E-state index in [1.807, 2.05) is 54.6 Å². The molecular weight excluding hydrogens is 463 g/mol. The van der Waals surface area contributed by atoms with Crippen molar-refractivity contribution in [2.75, 3.05) is 0 Å². The minimum Gasteiger partial charge on any atom is -0.479 e. The minimum atomic E-state index is -1.06. The lowest BCUT2D eigenvalue weighted by molar-refractivity contribution is -0.145. The Kier molecular flexibility index (Phi) is 6.87. The topological polar surface area (TPSA) is 73.6 Å². The molecule has 0 aliphatic carbocycles. The third-order valence-corrected chi connectivity index (χ3v) is 5.40. The predicted octanol–water partition coefficient (Wildman–Crippen LogP) is 6.88. The number of para-hydroxylation sites is 1. The molecule has 4 rings (SSSR count). The second-order valence-electron chi connectivity index (χ2n) is 7.17. The zero-order valence-electron chi connectivity index (χ0n) is 17.6. The fourth-order valence-corrected chi connectivity index (χ4v) is 3.72. The number of hydrogen-bond donors (Lipinski definition) is 1. The molecule has 1 atom stereocenters. The zero-order valence-corrected chi connectivity index (χ0v) is 19.1. The number of ether oxygens (including phenoxy) is 2. The summed E-state index contributed by atoms with van der Waals surface area (Å²) in [5.41, 5.74) is 2.06. The number of halogens is 2. The third-order valence-electron chi connectivity index (χ3n) is 4.86. The molecule has 168 valence electrons. The van der Waals surface area contributed by atoms with Crippen LogP contribution in [-0.2, 0) is 4.79 Å². The molecule has 3 aromatic carbocycles. The van der Waals surface area contributed by atoms with Crippen LogP contribution in [0.1, 0.15) is 13.3 Å². The monoisotopic (exact) mass is 482 g/mol. The highest BCUT2D eigenvalue weighted by Crippen LogP contribution is 2.33. The Morgan fingerprint density at radius 3 is 2.33 bits per heavy atom. The van der Waals surface area contributed by atoms with Crippen LogP contribution in [0.3, 0.4) is 0 Å². The second kappa shape index (κ2) is 9.98. The average molecular weight is 483 g/mol. The molecule has 1 unspecified atom stereocenters. The molecule has 0 bridgehead atoms. The molecule has 0 spiro atoms. The Morgan fingerprint density at radius 2 is 1.70 bits per heavy atom. The number of aliphatic carboxylic acids is 1. The van der Waals surface area contributed by atoms with Crippen molar-refractivity contribution in [3.63, 3.8) is 0 Å².